The summed E-state index contributed by atoms with van der Waals surface area (Å²) in [5, 5.41) is 27.6. The summed E-state index contributed by atoms with van der Waals surface area (Å²) in [6.45, 7) is 14.7. The molecule has 14 nitrogen and oxygen atoms in total. The Bertz CT molecular complexity index is 2380. The summed E-state index contributed by atoms with van der Waals surface area (Å²) >= 11 is 5.19. The molecule has 0 bridgehead atoms. The average molecular weight is 1030 g/mol. The number of carbonyl (C=O) groups excluding carboxylic acids is 2. The molecule has 10 aliphatic rings. The maximum absolute atomic E-state index is 12.8. The van der Waals surface area contributed by atoms with Gasteiger partial charge in [-0.05, 0) is 209 Å². The molecule has 404 valence electrons. The fourth-order valence-corrected chi connectivity index (χ4v) is 18.8. The molecule has 16 atom stereocenters. The number of urea groups is 1. The molecule has 2 aromatic rings. The van der Waals surface area contributed by atoms with Crippen molar-refractivity contribution >= 4 is 23.0 Å². The second-order valence-electron chi connectivity index (χ2n) is 25.6. The van der Waals surface area contributed by atoms with E-state index in [-0.39, 0.29) is 56.8 Å². The Labute approximate surface area is 437 Å². The molecule has 0 spiro atoms. The third kappa shape index (κ3) is 9.37. The molecule has 0 radical (unpaired) electrons. The van der Waals surface area contributed by atoms with Crippen molar-refractivity contribution in [2.24, 2.45) is 62.9 Å². The molecular weight excluding hydrogens is 948 g/mol. The number of fused-ring (bicyclic) bond motifs is 10. The fraction of sp³-hybridized carbons (Fsp3) is 0.793. The van der Waals surface area contributed by atoms with Gasteiger partial charge in [0.15, 0.2) is 0 Å². The number of nitrogens with two attached hydrogens (primary N) is 1. The lowest BCUT2D eigenvalue weighted by Crippen LogP contribution is -2.62. The number of carbonyl (C=O) groups is 2. The van der Waals surface area contributed by atoms with Crippen LogP contribution in [0.3, 0.4) is 0 Å². The van der Waals surface area contributed by atoms with Gasteiger partial charge in [0.25, 0.3) is 0 Å². The summed E-state index contributed by atoms with van der Waals surface area (Å²) in [5.41, 5.74) is 6.79. The SMILES string of the molecule is C[C@]12CC[C@@H](N)C[C@H]1CC[C@@H]1[C@@H]2CC[C@]2(C)[C@@H](c3ccc(=O)oc3)CC[C@]12O.C[C@]12CC[C@@H](NC(=O)N3CCOCC3)C[C@H]1CC[C@@H]1[C@@H]2CC[C@]2(C)[C@@H](c3ccc(=O)oc3)CC[C@]12O.O=C(Cl)N1CCOCC1. The van der Waals surface area contributed by atoms with Crippen molar-refractivity contribution in [1.82, 2.24) is 15.1 Å². The lowest BCUT2D eigenvalue weighted by molar-refractivity contribution is -0.201. The Morgan fingerprint density at radius 3 is 1.51 bits per heavy atom. The van der Waals surface area contributed by atoms with Gasteiger partial charge >= 0.3 is 22.6 Å². The van der Waals surface area contributed by atoms with E-state index in [0.29, 0.717) is 93.7 Å². The van der Waals surface area contributed by atoms with Crippen LogP contribution < -0.4 is 22.3 Å². The molecule has 2 aliphatic heterocycles. The predicted octanol–water partition coefficient (Wildman–Crippen LogP) is 9.18. The molecule has 8 aliphatic carbocycles. The Hall–Kier alpha value is -3.27. The van der Waals surface area contributed by atoms with Crippen LogP contribution in [0.5, 0.6) is 0 Å². The zero-order valence-corrected chi connectivity index (χ0v) is 44.9. The molecule has 2 saturated heterocycles. The van der Waals surface area contributed by atoms with Gasteiger partial charge in [-0.25, -0.2) is 14.4 Å². The number of hydrogen-bond acceptors (Lipinski definition) is 11. The number of nitrogens with zero attached hydrogens (tertiary/aromatic N) is 2. The third-order valence-corrected chi connectivity index (χ3v) is 23.1. The second-order valence-corrected chi connectivity index (χ2v) is 25.9. The van der Waals surface area contributed by atoms with E-state index in [0.717, 1.165) is 107 Å². The molecule has 0 unspecified atom stereocenters. The number of nitrogens with one attached hydrogen (secondary N) is 1. The van der Waals surface area contributed by atoms with Crippen LogP contribution >= 0.6 is 11.6 Å². The van der Waals surface area contributed by atoms with Gasteiger partial charge in [0.2, 0.25) is 0 Å². The molecule has 8 saturated carbocycles. The van der Waals surface area contributed by atoms with Gasteiger partial charge in [0.1, 0.15) is 0 Å². The molecule has 15 heteroatoms. The quantitative estimate of drug-likeness (QED) is 0.169. The van der Waals surface area contributed by atoms with Gasteiger partial charge in [0.05, 0.1) is 50.2 Å². The minimum absolute atomic E-state index is 0.0667. The largest absolute Gasteiger partial charge is 0.431 e. The van der Waals surface area contributed by atoms with Gasteiger partial charge in [-0.15, -0.1) is 0 Å². The van der Waals surface area contributed by atoms with E-state index in [9.17, 15) is 29.4 Å². The van der Waals surface area contributed by atoms with Crippen LogP contribution in [0.2, 0.25) is 0 Å². The first-order valence-electron chi connectivity index (χ1n) is 28.4. The minimum Gasteiger partial charge on any atom is -0.431 e. The van der Waals surface area contributed by atoms with Gasteiger partial charge in [-0.3, -0.25) is 4.79 Å². The Balaban J connectivity index is 0.000000146. The Morgan fingerprint density at radius 1 is 0.589 bits per heavy atom. The Morgan fingerprint density at radius 2 is 1.05 bits per heavy atom. The number of amides is 3. The molecule has 3 amide bonds. The predicted molar refractivity (Wildman–Crippen MR) is 278 cm³/mol. The van der Waals surface area contributed by atoms with E-state index in [2.05, 4.69) is 33.0 Å². The molecule has 5 N–H and O–H groups in total. The third-order valence-electron chi connectivity index (χ3n) is 22.9. The van der Waals surface area contributed by atoms with Gasteiger partial charge in [-0.2, -0.15) is 0 Å². The number of ether oxygens (including phenoxy) is 2. The van der Waals surface area contributed by atoms with Crippen LogP contribution in [-0.4, -0.2) is 107 Å². The van der Waals surface area contributed by atoms with E-state index in [1.165, 1.54) is 37.8 Å². The average Bonchev–Trinajstić information content (AvgIpc) is 3.84. The molecule has 2 aromatic heterocycles. The summed E-state index contributed by atoms with van der Waals surface area (Å²) in [5.74, 6) is 3.67. The molecule has 12 rings (SSSR count). The van der Waals surface area contributed by atoms with Crippen LogP contribution in [0.25, 0.3) is 0 Å². The highest BCUT2D eigenvalue weighted by Gasteiger charge is 2.69. The van der Waals surface area contributed by atoms with E-state index >= 15 is 0 Å². The smallest absolute Gasteiger partial charge is 0.335 e. The molecule has 73 heavy (non-hydrogen) atoms. The normalized spacial score (nSPS) is 43.7. The lowest BCUT2D eigenvalue weighted by atomic mass is 9.43. The highest BCUT2D eigenvalue weighted by molar-refractivity contribution is 6.62. The summed E-state index contributed by atoms with van der Waals surface area (Å²) in [6.07, 6.45) is 22.6. The van der Waals surface area contributed by atoms with Gasteiger partial charge in [-0.1, -0.05) is 27.7 Å². The zero-order chi connectivity index (χ0) is 51.6. The van der Waals surface area contributed by atoms with Crippen molar-refractivity contribution in [3.05, 3.63) is 68.8 Å². The van der Waals surface area contributed by atoms with E-state index in [1.807, 2.05) is 17.0 Å². The van der Waals surface area contributed by atoms with Crippen LogP contribution in [0, 0.1) is 57.2 Å². The number of hydrogen-bond donors (Lipinski definition) is 4. The van der Waals surface area contributed by atoms with Crippen molar-refractivity contribution in [3.8, 4) is 0 Å². The van der Waals surface area contributed by atoms with Crippen molar-refractivity contribution in [2.45, 2.75) is 178 Å². The highest BCUT2D eigenvalue weighted by Crippen LogP contribution is 2.72. The van der Waals surface area contributed by atoms with Crippen LogP contribution in [-0.2, 0) is 9.47 Å². The van der Waals surface area contributed by atoms with E-state index in [1.54, 1.807) is 17.4 Å². The second kappa shape index (κ2) is 20.6. The topological polar surface area (TPSA) is 198 Å². The molecule has 10 fully saturated rings. The maximum Gasteiger partial charge on any atom is 0.335 e. The monoisotopic (exact) mass is 1030 g/mol. The number of halogens is 1. The van der Waals surface area contributed by atoms with Crippen molar-refractivity contribution in [3.63, 3.8) is 0 Å². The summed E-state index contributed by atoms with van der Waals surface area (Å²) in [6, 6.07) is 7.55. The summed E-state index contributed by atoms with van der Waals surface area (Å²) in [4.78, 5) is 49.6. The number of rotatable bonds is 3. The first-order valence-corrected chi connectivity index (χ1v) is 28.7. The summed E-state index contributed by atoms with van der Waals surface area (Å²) < 4.78 is 20.8. The van der Waals surface area contributed by atoms with Crippen molar-refractivity contribution < 1.29 is 38.1 Å². The van der Waals surface area contributed by atoms with Crippen molar-refractivity contribution in [1.29, 1.82) is 0 Å². The standard InChI is InChI=1S/C29H42N2O5.C24H35NO3.C5H8ClNO2/c1-27-10-7-21(30-26(33)31-13-15-35-16-14-31)17-20(27)4-5-24-23(27)8-11-28(2)22(9-12-29(24,28)34)19-3-6-25(32)36-18-19;1-22-10-7-17(25)13-16(22)4-5-20-19(22)8-11-23(2)18(9-12-24(20,23)27)15-3-6-21(26)28-14-15;6-5(8)7-1-3-9-4-2-7/h3,6,18,20-24,34H,4-5,7-17H2,1-2H3,(H,30,33);3,6,14,16-20,27H,4-5,7-13,25H2,1-2H3;1-4H2/t20-,21-,22-,23+,24-,27+,28-,29+;16-,17-,18-,19+,20-,22+,23-,24+;/m11./s1. The van der Waals surface area contributed by atoms with Crippen LogP contribution in [0.4, 0.5) is 9.59 Å². The van der Waals surface area contributed by atoms with Crippen LogP contribution in [0.1, 0.15) is 166 Å². The minimum atomic E-state index is -0.675. The van der Waals surface area contributed by atoms with Crippen LogP contribution in [0.15, 0.2) is 55.2 Å². The van der Waals surface area contributed by atoms with Gasteiger partial charge < -0.3 is 49.4 Å². The Kier molecular flexibility index (Phi) is 15.0. The van der Waals surface area contributed by atoms with Crippen molar-refractivity contribution in [2.75, 3.05) is 52.6 Å². The zero-order valence-electron chi connectivity index (χ0n) is 44.1. The molecule has 4 heterocycles. The van der Waals surface area contributed by atoms with Gasteiger partial charge in [0, 0.05) is 61.2 Å². The highest BCUT2D eigenvalue weighted by atomic mass is 35.5. The van der Waals surface area contributed by atoms with E-state index < -0.39 is 11.2 Å². The first-order chi connectivity index (χ1) is 34.8. The number of aliphatic hydroxyl groups is 2. The fourth-order valence-electron chi connectivity index (χ4n) is 18.6. The summed E-state index contributed by atoms with van der Waals surface area (Å²) in [7, 11) is 0. The molecular formula is C58H85ClN4O10. The maximum atomic E-state index is 12.8. The first kappa shape index (κ1) is 53.1. The molecule has 0 aromatic carbocycles. The lowest BCUT2D eigenvalue weighted by Gasteiger charge is -2.63. The number of morpholine rings is 2. The van der Waals surface area contributed by atoms with E-state index in [4.69, 9.17) is 35.6 Å².